The van der Waals surface area contributed by atoms with E-state index >= 15 is 0 Å². The Morgan fingerprint density at radius 3 is 1.57 bits per heavy atom. The van der Waals surface area contributed by atoms with Crippen LogP contribution in [0.5, 0.6) is 0 Å². The highest BCUT2D eigenvalue weighted by Crippen LogP contribution is 2.45. The third kappa shape index (κ3) is 3.33. The van der Waals surface area contributed by atoms with Gasteiger partial charge in [-0.15, -0.1) is 0 Å². The molecule has 196 valence electrons. The summed E-state index contributed by atoms with van der Waals surface area (Å²) in [6.07, 6.45) is 1.84. The Morgan fingerprint density at radius 1 is 0.381 bits per heavy atom. The van der Waals surface area contributed by atoms with Crippen LogP contribution in [0.3, 0.4) is 0 Å². The zero-order valence-electron chi connectivity index (χ0n) is 22.7. The molecule has 0 spiro atoms. The van der Waals surface area contributed by atoms with Crippen LogP contribution in [0.25, 0.3) is 87.8 Å². The third-order valence-corrected chi connectivity index (χ3v) is 8.54. The second kappa shape index (κ2) is 8.95. The first-order chi connectivity index (χ1) is 20.8. The topological polar surface area (TPSA) is 26.3 Å². The monoisotopic (exact) mass is 536 g/mol. The lowest BCUT2D eigenvalue weighted by Crippen LogP contribution is -1.90. The average Bonchev–Trinajstić information content (AvgIpc) is 3.66. The fourth-order valence-electron chi connectivity index (χ4n) is 6.70. The number of fused-ring (bicyclic) bond motifs is 7. The Morgan fingerprint density at radius 2 is 0.929 bits per heavy atom. The fraction of sp³-hybridized carbons (Fsp3) is 0. The molecule has 0 aliphatic heterocycles. The second-order valence-corrected chi connectivity index (χ2v) is 10.9. The Kier molecular flexibility index (Phi) is 4.93. The number of furan rings is 2. The van der Waals surface area contributed by atoms with Crippen molar-refractivity contribution in [2.75, 3.05) is 0 Å². The van der Waals surface area contributed by atoms with E-state index in [1.54, 1.807) is 0 Å². The van der Waals surface area contributed by atoms with E-state index in [0.717, 1.165) is 49.6 Å². The van der Waals surface area contributed by atoms with Gasteiger partial charge < -0.3 is 8.83 Å². The number of hydrogen-bond donors (Lipinski definition) is 0. The largest absolute Gasteiger partial charge is 0.464 e. The number of hydrogen-bond acceptors (Lipinski definition) is 2. The van der Waals surface area contributed by atoms with Gasteiger partial charge in [-0.1, -0.05) is 115 Å². The molecule has 9 aromatic rings. The van der Waals surface area contributed by atoms with Gasteiger partial charge in [-0.2, -0.15) is 0 Å². The first-order valence-electron chi connectivity index (χ1n) is 14.3. The van der Waals surface area contributed by atoms with Crippen molar-refractivity contribution in [1.82, 2.24) is 0 Å². The van der Waals surface area contributed by atoms with Crippen LogP contribution < -0.4 is 0 Å². The molecule has 0 saturated heterocycles. The zero-order valence-corrected chi connectivity index (χ0v) is 22.7. The van der Waals surface area contributed by atoms with Crippen molar-refractivity contribution in [2.24, 2.45) is 0 Å². The van der Waals surface area contributed by atoms with E-state index in [2.05, 4.69) is 133 Å². The summed E-state index contributed by atoms with van der Waals surface area (Å²) in [6.45, 7) is 0. The van der Waals surface area contributed by atoms with Crippen molar-refractivity contribution < 1.29 is 8.83 Å². The van der Waals surface area contributed by atoms with Crippen LogP contribution in [0.4, 0.5) is 0 Å². The van der Waals surface area contributed by atoms with Gasteiger partial charge in [0.15, 0.2) is 0 Å². The van der Waals surface area contributed by atoms with E-state index in [1.165, 1.54) is 38.2 Å². The first-order valence-corrected chi connectivity index (χ1v) is 14.3. The van der Waals surface area contributed by atoms with E-state index in [4.69, 9.17) is 8.83 Å². The zero-order chi connectivity index (χ0) is 27.6. The van der Waals surface area contributed by atoms with Crippen LogP contribution in [0.1, 0.15) is 0 Å². The van der Waals surface area contributed by atoms with Crippen molar-refractivity contribution in [2.45, 2.75) is 0 Å². The average molecular weight is 537 g/mol. The molecule has 2 nitrogen and oxygen atoms in total. The van der Waals surface area contributed by atoms with Crippen LogP contribution in [0.2, 0.25) is 0 Å². The van der Waals surface area contributed by atoms with Crippen LogP contribution in [0, 0.1) is 0 Å². The Balaban J connectivity index is 1.33. The molecular weight excluding hydrogens is 512 g/mol. The molecule has 0 atom stereocenters. The van der Waals surface area contributed by atoms with Crippen molar-refractivity contribution in [1.29, 1.82) is 0 Å². The Bertz CT molecular complexity index is 2390. The molecule has 2 heteroatoms. The molecule has 9 rings (SSSR count). The van der Waals surface area contributed by atoms with E-state index in [1.807, 2.05) is 12.3 Å². The minimum atomic E-state index is 0.828. The highest BCUT2D eigenvalue weighted by atomic mass is 16.3. The standard InChI is InChI=1S/C40H24O2/c1-3-11-25(12-4-1)34-24-41-35-22-21-33-28-20-19-27(23-36(28)42-40(33)39(34)35)38-31-17-9-7-15-29(31)37(26-13-5-2-6-14-26)30-16-8-10-18-32(30)38/h1-24H. The minimum absolute atomic E-state index is 0.828. The minimum Gasteiger partial charge on any atom is -0.464 e. The lowest BCUT2D eigenvalue weighted by molar-refractivity contribution is 0.616. The molecule has 0 unspecified atom stereocenters. The summed E-state index contributed by atoms with van der Waals surface area (Å²) < 4.78 is 12.7. The quantitative estimate of drug-likeness (QED) is 0.210. The van der Waals surface area contributed by atoms with Crippen LogP contribution >= 0.6 is 0 Å². The number of benzene rings is 7. The van der Waals surface area contributed by atoms with Crippen molar-refractivity contribution >= 4 is 54.5 Å². The van der Waals surface area contributed by atoms with E-state index in [0.29, 0.717) is 0 Å². The SMILES string of the molecule is c1ccc(-c2c3ccccc3c(-c3ccc4c(c3)oc3c4ccc4occ(-c5ccccc5)c43)c3ccccc23)cc1. The molecule has 2 heterocycles. The normalized spacial score (nSPS) is 11.8. The van der Waals surface area contributed by atoms with Crippen LogP contribution in [0.15, 0.2) is 155 Å². The number of rotatable bonds is 3. The molecule has 0 saturated carbocycles. The van der Waals surface area contributed by atoms with E-state index in [9.17, 15) is 0 Å². The summed E-state index contributed by atoms with van der Waals surface area (Å²) in [5.41, 5.74) is 9.58. The van der Waals surface area contributed by atoms with Gasteiger partial charge >= 0.3 is 0 Å². The lowest BCUT2D eigenvalue weighted by Gasteiger charge is -2.17. The molecule has 0 bridgehead atoms. The molecule has 0 aliphatic rings. The predicted octanol–water partition coefficient (Wildman–Crippen LogP) is 11.6. The van der Waals surface area contributed by atoms with Gasteiger partial charge in [0.2, 0.25) is 0 Å². The predicted molar refractivity (Wildman–Crippen MR) is 175 cm³/mol. The smallest absolute Gasteiger partial charge is 0.147 e. The van der Waals surface area contributed by atoms with Gasteiger partial charge in [0.25, 0.3) is 0 Å². The maximum absolute atomic E-state index is 6.71. The molecule has 0 aliphatic carbocycles. The van der Waals surface area contributed by atoms with Crippen LogP contribution in [-0.4, -0.2) is 0 Å². The molecular formula is C40H24O2. The van der Waals surface area contributed by atoms with Gasteiger partial charge in [0.05, 0.1) is 11.6 Å². The van der Waals surface area contributed by atoms with Crippen LogP contribution in [-0.2, 0) is 0 Å². The van der Waals surface area contributed by atoms with Gasteiger partial charge in [0, 0.05) is 16.3 Å². The fourth-order valence-corrected chi connectivity index (χ4v) is 6.70. The van der Waals surface area contributed by atoms with Gasteiger partial charge in [0.1, 0.15) is 16.7 Å². The summed E-state index contributed by atoms with van der Waals surface area (Å²) in [6, 6.07) is 49.4. The molecule has 7 aromatic carbocycles. The molecule has 0 N–H and O–H groups in total. The third-order valence-electron chi connectivity index (χ3n) is 8.54. The summed E-state index contributed by atoms with van der Waals surface area (Å²) in [7, 11) is 0. The van der Waals surface area contributed by atoms with Gasteiger partial charge in [-0.3, -0.25) is 0 Å². The molecule has 0 radical (unpaired) electrons. The van der Waals surface area contributed by atoms with Gasteiger partial charge in [-0.05, 0) is 73.6 Å². The summed E-state index contributed by atoms with van der Waals surface area (Å²) in [5, 5.41) is 8.16. The second-order valence-electron chi connectivity index (χ2n) is 10.9. The van der Waals surface area contributed by atoms with Crippen molar-refractivity contribution in [3.63, 3.8) is 0 Å². The Labute approximate surface area is 242 Å². The molecule has 0 fully saturated rings. The first kappa shape index (κ1) is 23.1. The van der Waals surface area contributed by atoms with E-state index < -0.39 is 0 Å². The lowest BCUT2D eigenvalue weighted by atomic mass is 9.86. The summed E-state index contributed by atoms with van der Waals surface area (Å²) in [4.78, 5) is 0. The van der Waals surface area contributed by atoms with Crippen molar-refractivity contribution in [3.8, 4) is 33.4 Å². The molecule has 2 aromatic heterocycles. The maximum Gasteiger partial charge on any atom is 0.147 e. The highest BCUT2D eigenvalue weighted by molar-refractivity contribution is 6.23. The van der Waals surface area contributed by atoms with E-state index in [-0.39, 0.29) is 0 Å². The highest BCUT2D eigenvalue weighted by Gasteiger charge is 2.20. The summed E-state index contributed by atoms with van der Waals surface area (Å²) in [5.74, 6) is 0. The van der Waals surface area contributed by atoms with Crippen molar-refractivity contribution in [3.05, 3.63) is 146 Å². The maximum atomic E-state index is 6.71. The summed E-state index contributed by atoms with van der Waals surface area (Å²) >= 11 is 0. The Hall–Kier alpha value is -5.60. The molecule has 42 heavy (non-hydrogen) atoms. The van der Waals surface area contributed by atoms with Gasteiger partial charge in [-0.25, -0.2) is 0 Å². The molecule has 0 amide bonds.